The molecule has 0 spiro atoms. The van der Waals surface area contributed by atoms with Gasteiger partial charge in [0.25, 0.3) is 0 Å². The summed E-state index contributed by atoms with van der Waals surface area (Å²) in [6.07, 6.45) is 3.98. The van der Waals surface area contributed by atoms with Crippen molar-refractivity contribution in [2.45, 2.75) is 59.0 Å². The molecule has 0 saturated heterocycles. The predicted molar refractivity (Wildman–Crippen MR) is 76.0 cm³/mol. The van der Waals surface area contributed by atoms with Crippen molar-refractivity contribution in [2.75, 3.05) is 20.2 Å². The number of hydrogen-bond donors (Lipinski definition) is 1. The van der Waals surface area contributed by atoms with Gasteiger partial charge in [-0.3, -0.25) is 0 Å². The zero-order valence-corrected chi connectivity index (χ0v) is 13.0. The minimum absolute atomic E-state index is 0.0843. The van der Waals surface area contributed by atoms with Crippen molar-refractivity contribution in [1.29, 1.82) is 0 Å². The average molecular weight is 271 g/mol. The lowest BCUT2D eigenvalue weighted by molar-refractivity contribution is 0.0221. The van der Waals surface area contributed by atoms with Gasteiger partial charge in [0.1, 0.15) is 5.60 Å². The minimum Gasteiger partial charge on any atom is -0.444 e. The fourth-order valence-electron chi connectivity index (χ4n) is 2.52. The summed E-state index contributed by atoms with van der Waals surface area (Å²) in [5, 5.41) is 9.35. The highest BCUT2D eigenvalue weighted by Gasteiger charge is 2.31. The highest BCUT2D eigenvalue weighted by atomic mass is 16.6. The van der Waals surface area contributed by atoms with Crippen LogP contribution < -0.4 is 0 Å². The van der Waals surface area contributed by atoms with E-state index in [1.165, 1.54) is 0 Å². The molecule has 1 rings (SSSR count). The van der Waals surface area contributed by atoms with Gasteiger partial charge in [-0.1, -0.05) is 6.92 Å². The molecule has 112 valence electrons. The number of hydrogen-bond acceptors (Lipinski definition) is 3. The lowest BCUT2D eigenvalue weighted by atomic mass is 9.72. The topological polar surface area (TPSA) is 49.8 Å². The van der Waals surface area contributed by atoms with Crippen LogP contribution in [-0.2, 0) is 4.74 Å². The highest BCUT2D eigenvalue weighted by molar-refractivity contribution is 5.67. The summed E-state index contributed by atoms with van der Waals surface area (Å²) in [6.45, 7) is 8.79. The van der Waals surface area contributed by atoms with Gasteiger partial charge in [-0.2, -0.15) is 0 Å². The van der Waals surface area contributed by atoms with Gasteiger partial charge < -0.3 is 14.7 Å². The van der Waals surface area contributed by atoms with Crippen molar-refractivity contribution >= 4 is 6.09 Å². The SMILES string of the molecule is CN(CC1CCC(C)(CO)CC1)C(=O)OC(C)(C)C. The lowest BCUT2D eigenvalue weighted by Crippen LogP contribution is -2.39. The molecule has 0 aromatic heterocycles. The van der Waals surface area contributed by atoms with Gasteiger partial charge in [-0.25, -0.2) is 4.79 Å². The fourth-order valence-corrected chi connectivity index (χ4v) is 2.52. The third kappa shape index (κ3) is 5.39. The Hall–Kier alpha value is -0.770. The molecule has 19 heavy (non-hydrogen) atoms. The molecule has 0 bridgehead atoms. The quantitative estimate of drug-likeness (QED) is 0.858. The maximum Gasteiger partial charge on any atom is 0.410 e. The van der Waals surface area contributed by atoms with Crippen LogP contribution in [0.2, 0.25) is 0 Å². The van der Waals surface area contributed by atoms with Gasteiger partial charge in [0.2, 0.25) is 0 Å². The van der Waals surface area contributed by atoms with Crippen molar-refractivity contribution < 1.29 is 14.6 Å². The highest BCUT2D eigenvalue weighted by Crippen LogP contribution is 2.38. The molecule has 0 aromatic rings. The molecule has 1 amide bonds. The first kappa shape index (κ1) is 16.3. The standard InChI is InChI=1S/C15H29NO3/c1-14(2,3)19-13(18)16(5)10-12-6-8-15(4,11-17)9-7-12/h12,17H,6-11H2,1-5H3. The molecule has 1 N–H and O–H groups in total. The Balaban J connectivity index is 2.38. The molecular weight excluding hydrogens is 242 g/mol. The van der Waals surface area contributed by atoms with Gasteiger partial charge >= 0.3 is 6.09 Å². The summed E-state index contributed by atoms with van der Waals surface area (Å²) >= 11 is 0. The van der Waals surface area contributed by atoms with E-state index in [1.807, 2.05) is 20.8 Å². The molecule has 4 heteroatoms. The monoisotopic (exact) mass is 271 g/mol. The Morgan fingerprint density at radius 2 is 1.89 bits per heavy atom. The maximum absolute atomic E-state index is 11.9. The van der Waals surface area contributed by atoms with Crippen molar-refractivity contribution in [3.05, 3.63) is 0 Å². The summed E-state index contributed by atoms with van der Waals surface area (Å²) in [5.41, 5.74) is -0.353. The van der Waals surface area contributed by atoms with E-state index in [-0.39, 0.29) is 18.1 Å². The van der Waals surface area contributed by atoms with Gasteiger partial charge in [0, 0.05) is 20.2 Å². The van der Waals surface area contributed by atoms with Crippen molar-refractivity contribution in [2.24, 2.45) is 11.3 Å². The Bertz CT molecular complexity index is 301. The molecule has 0 radical (unpaired) electrons. The Morgan fingerprint density at radius 3 is 2.32 bits per heavy atom. The molecule has 0 unspecified atom stereocenters. The first-order chi connectivity index (χ1) is 8.65. The van der Waals surface area contributed by atoms with Crippen LogP contribution in [0, 0.1) is 11.3 Å². The van der Waals surface area contributed by atoms with Gasteiger partial charge in [-0.05, 0) is 57.8 Å². The molecular formula is C15H29NO3. The number of nitrogens with zero attached hydrogens (tertiary/aromatic N) is 1. The van der Waals surface area contributed by atoms with E-state index < -0.39 is 5.60 Å². The zero-order chi connectivity index (χ0) is 14.7. The van der Waals surface area contributed by atoms with Crippen LogP contribution in [0.25, 0.3) is 0 Å². The Kier molecular flexibility index (Phi) is 5.25. The number of aliphatic hydroxyl groups excluding tert-OH is 1. The molecule has 0 atom stereocenters. The first-order valence-corrected chi connectivity index (χ1v) is 7.20. The van der Waals surface area contributed by atoms with Crippen LogP contribution in [0.1, 0.15) is 53.4 Å². The van der Waals surface area contributed by atoms with Crippen LogP contribution in [-0.4, -0.2) is 41.9 Å². The van der Waals surface area contributed by atoms with E-state index in [4.69, 9.17) is 4.74 Å². The normalized spacial score (nSPS) is 28.0. The largest absolute Gasteiger partial charge is 0.444 e. The smallest absolute Gasteiger partial charge is 0.410 e. The fraction of sp³-hybridized carbons (Fsp3) is 0.933. The first-order valence-electron chi connectivity index (χ1n) is 7.20. The van der Waals surface area contributed by atoms with Crippen LogP contribution in [0.4, 0.5) is 4.79 Å². The third-order valence-electron chi connectivity index (χ3n) is 3.93. The lowest BCUT2D eigenvalue weighted by Gasteiger charge is -2.37. The average Bonchev–Trinajstić information content (AvgIpc) is 2.30. The summed E-state index contributed by atoms with van der Waals surface area (Å²) in [6, 6.07) is 0. The second-order valence-electron chi connectivity index (χ2n) is 7.27. The molecule has 0 aromatic carbocycles. The van der Waals surface area contributed by atoms with E-state index in [1.54, 1.807) is 11.9 Å². The number of carbonyl (C=O) groups is 1. The van der Waals surface area contributed by atoms with Crippen molar-refractivity contribution in [3.8, 4) is 0 Å². The molecule has 1 aliphatic carbocycles. The van der Waals surface area contributed by atoms with Crippen LogP contribution in [0.5, 0.6) is 0 Å². The second-order valence-corrected chi connectivity index (χ2v) is 7.27. The molecule has 1 saturated carbocycles. The van der Waals surface area contributed by atoms with E-state index in [9.17, 15) is 9.90 Å². The van der Waals surface area contributed by atoms with Crippen molar-refractivity contribution in [3.63, 3.8) is 0 Å². The third-order valence-corrected chi connectivity index (χ3v) is 3.93. The number of ether oxygens (including phenoxy) is 1. The van der Waals surface area contributed by atoms with Gasteiger partial charge in [0.05, 0.1) is 0 Å². The number of aliphatic hydroxyl groups is 1. The van der Waals surface area contributed by atoms with Gasteiger partial charge in [0.15, 0.2) is 0 Å². The van der Waals surface area contributed by atoms with E-state index in [2.05, 4.69) is 6.92 Å². The molecule has 0 aliphatic heterocycles. The summed E-state index contributed by atoms with van der Waals surface area (Å²) < 4.78 is 5.35. The summed E-state index contributed by atoms with van der Waals surface area (Å²) in [7, 11) is 1.80. The van der Waals surface area contributed by atoms with E-state index in [0.717, 1.165) is 32.2 Å². The second kappa shape index (κ2) is 6.12. The molecule has 0 heterocycles. The molecule has 4 nitrogen and oxygen atoms in total. The van der Waals surface area contributed by atoms with Crippen LogP contribution in [0.3, 0.4) is 0 Å². The number of amides is 1. The van der Waals surface area contributed by atoms with Crippen molar-refractivity contribution in [1.82, 2.24) is 4.90 Å². The van der Waals surface area contributed by atoms with Crippen LogP contribution in [0.15, 0.2) is 0 Å². The molecule has 1 aliphatic rings. The predicted octanol–water partition coefficient (Wildman–Crippen LogP) is 3.04. The van der Waals surface area contributed by atoms with Crippen LogP contribution >= 0.6 is 0 Å². The van der Waals surface area contributed by atoms with E-state index >= 15 is 0 Å². The Morgan fingerprint density at radius 1 is 1.37 bits per heavy atom. The number of carbonyl (C=O) groups excluding carboxylic acids is 1. The number of rotatable bonds is 3. The zero-order valence-electron chi connectivity index (χ0n) is 13.0. The minimum atomic E-state index is -0.437. The maximum atomic E-state index is 11.9. The molecule has 1 fully saturated rings. The Labute approximate surface area is 117 Å². The summed E-state index contributed by atoms with van der Waals surface area (Å²) in [4.78, 5) is 13.6. The van der Waals surface area contributed by atoms with Gasteiger partial charge in [-0.15, -0.1) is 0 Å². The summed E-state index contributed by atoms with van der Waals surface area (Å²) in [5.74, 6) is 0.525. The van der Waals surface area contributed by atoms with E-state index in [0.29, 0.717) is 5.92 Å².